The number of hydrogen-bond donors (Lipinski definition) is 1. The van der Waals surface area contributed by atoms with Crippen LogP contribution in [0.25, 0.3) is 0 Å². The second kappa shape index (κ2) is 8.39. The fourth-order valence-corrected chi connectivity index (χ4v) is 4.50. The number of nitrogens with zero attached hydrogens (tertiary/aromatic N) is 4. The molecule has 0 aliphatic carbocycles. The molecule has 5 rings (SSSR count). The summed E-state index contributed by atoms with van der Waals surface area (Å²) in [6.45, 7) is 6.33. The highest BCUT2D eigenvalue weighted by molar-refractivity contribution is 6.02. The molecule has 1 aromatic carbocycles. The Balaban J connectivity index is 1.20. The minimum absolute atomic E-state index is 0.0163. The van der Waals surface area contributed by atoms with Crippen molar-refractivity contribution in [2.75, 3.05) is 31.6 Å². The highest BCUT2D eigenvalue weighted by Gasteiger charge is 2.29. The van der Waals surface area contributed by atoms with E-state index in [-0.39, 0.29) is 17.6 Å². The first-order valence-corrected chi connectivity index (χ1v) is 11.0. The van der Waals surface area contributed by atoms with Gasteiger partial charge in [-0.15, -0.1) is 10.2 Å². The lowest BCUT2D eigenvalue weighted by molar-refractivity contribution is -0.122. The van der Waals surface area contributed by atoms with Gasteiger partial charge in [-0.25, -0.2) is 0 Å². The molecule has 0 spiro atoms. The van der Waals surface area contributed by atoms with E-state index in [9.17, 15) is 9.59 Å². The van der Waals surface area contributed by atoms with Crippen LogP contribution in [0.5, 0.6) is 5.75 Å². The Kier molecular flexibility index (Phi) is 5.45. The number of aromatic nitrogens is 3. The Morgan fingerprint density at radius 2 is 2.03 bits per heavy atom. The van der Waals surface area contributed by atoms with E-state index in [1.165, 1.54) is 0 Å². The summed E-state index contributed by atoms with van der Waals surface area (Å²) in [5.41, 5.74) is 1.20. The molecule has 0 bridgehead atoms. The van der Waals surface area contributed by atoms with Gasteiger partial charge < -0.3 is 19.4 Å². The van der Waals surface area contributed by atoms with Gasteiger partial charge in [0.15, 0.2) is 11.9 Å². The number of hydrogen-bond acceptors (Lipinski definition) is 7. The zero-order valence-corrected chi connectivity index (χ0v) is 17.7. The van der Waals surface area contributed by atoms with Crippen molar-refractivity contribution in [3.05, 3.63) is 35.4 Å². The lowest BCUT2D eigenvalue weighted by Gasteiger charge is -2.31. The third-order valence-electron chi connectivity index (χ3n) is 6.35. The van der Waals surface area contributed by atoms with E-state index in [0.29, 0.717) is 30.2 Å². The number of ketones is 1. The average molecular weight is 425 g/mol. The molecule has 1 saturated heterocycles. The minimum atomic E-state index is -0.522. The largest absolute Gasteiger partial charge is 0.479 e. The van der Waals surface area contributed by atoms with Gasteiger partial charge in [-0.05, 0) is 51.1 Å². The zero-order chi connectivity index (χ0) is 21.4. The second-order valence-corrected chi connectivity index (χ2v) is 8.42. The van der Waals surface area contributed by atoms with Gasteiger partial charge in [0.2, 0.25) is 0 Å². The van der Waals surface area contributed by atoms with Gasteiger partial charge in [-0.1, -0.05) is 0 Å². The summed E-state index contributed by atoms with van der Waals surface area (Å²) < 4.78 is 13.3. The van der Waals surface area contributed by atoms with Crippen LogP contribution in [0, 0.1) is 5.92 Å². The van der Waals surface area contributed by atoms with Gasteiger partial charge in [0, 0.05) is 24.4 Å². The molecule has 1 unspecified atom stereocenters. The number of piperidine rings is 1. The molecule has 1 N–H and O–H groups in total. The highest BCUT2D eigenvalue weighted by Crippen LogP contribution is 2.32. The third kappa shape index (κ3) is 4.07. The van der Waals surface area contributed by atoms with Crippen molar-refractivity contribution in [3.8, 4) is 5.75 Å². The van der Waals surface area contributed by atoms with Gasteiger partial charge >= 0.3 is 0 Å². The van der Waals surface area contributed by atoms with E-state index in [1.807, 2.05) is 0 Å². The Morgan fingerprint density at radius 3 is 2.87 bits per heavy atom. The van der Waals surface area contributed by atoms with Crippen molar-refractivity contribution in [1.29, 1.82) is 0 Å². The minimum Gasteiger partial charge on any atom is -0.479 e. The molecule has 31 heavy (non-hydrogen) atoms. The Morgan fingerprint density at radius 1 is 1.19 bits per heavy atom. The van der Waals surface area contributed by atoms with Crippen LogP contribution in [-0.2, 0) is 29.0 Å². The predicted molar refractivity (Wildman–Crippen MR) is 112 cm³/mol. The number of fused-ring (bicyclic) bond motifs is 2. The number of anilines is 1. The molecule has 1 fully saturated rings. The summed E-state index contributed by atoms with van der Waals surface area (Å²) in [7, 11) is 0. The molecule has 0 radical (unpaired) electrons. The van der Waals surface area contributed by atoms with Gasteiger partial charge in [0.25, 0.3) is 5.91 Å². The van der Waals surface area contributed by atoms with E-state index in [1.54, 1.807) is 25.1 Å². The molecular weight excluding hydrogens is 398 g/mol. The molecule has 4 heterocycles. The number of rotatable bonds is 4. The normalized spacial score (nSPS) is 22.1. The van der Waals surface area contributed by atoms with E-state index in [2.05, 4.69) is 25.0 Å². The summed E-state index contributed by atoms with van der Waals surface area (Å²) in [6, 6.07) is 5.31. The van der Waals surface area contributed by atoms with Crippen molar-refractivity contribution in [1.82, 2.24) is 19.7 Å². The van der Waals surface area contributed by atoms with E-state index < -0.39 is 6.10 Å². The molecule has 1 aromatic heterocycles. The number of nitrogens with one attached hydrogen (secondary N) is 1. The zero-order valence-electron chi connectivity index (χ0n) is 17.7. The van der Waals surface area contributed by atoms with Crippen molar-refractivity contribution in [2.45, 2.75) is 45.4 Å². The standard InChI is InChI=1S/C22H27N5O4/c1-14-22(29)23-17-12-16(2-3-18(17)31-14)21(28)15-4-7-26(8-5-15)13-20-25-24-19-6-10-30-11-9-27(19)20/h2-3,12,14-15H,4-11,13H2,1H3,(H,23,29). The Bertz CT molecular complexity index is 996. The summed E-state index contributed by atoms with van der Waals surface area (Å²) >= 11 is 0. The monoisotopic (exact) mass is 425 g/mol. The third-order valence-corrected chi connectivity index (χ3v) is 6.35. The fourth-order valence-electron chi connectivity index (χ4n) is 4.50. The van der Waals surface area contributed by atoms with Gasteiger partial charge in [-0.3, -0.25) is 14.5 Å². The number of carbonyl (C=O) groups excluding carboxylic acids is 2. The van der Waals surface area contributed by atoms with Crippen LogP contribution in [0.3, 0.4) is 0 Å². The molecule has 3 aliphatic heterocycles. The summed E-state index contributed by atoms with van der Waals surface area (Å²) in [4.78, 5) is 27.3. The van der Waals surface area contributed by atoms with Gasteiger partial charge in [0.1, 0.15) is 17.4 Å². The van der Waals surface area contributed by atoms with Gasteiger partial charge in [0.05, 0.1) is 25.4 Å². The first-order chi connectivity index (χ1) is 15.1. The first kappa shape index (κ1) is 20.1. The summed E-state index contributed by atoms with van der Waals surface area (Å²) in [5.74, 6) is 2.50. The van der Waals surface area contributed by atoms with Crippen molar-refractivity contribution in [2.24, 2.45) is 5.92 Å². The van der Waals surface area contributed by atoms with Crippen molar-refractivity contribution in [3.63, 3.8) is 0 Å². The quantitative estimate of drug-likeness (QED) is 0.744. The van der Waals surface area contributed by atoms with Crippen LogP contribution in [-0.4, -0.2) is 63.8 Å². The lowest BCUT2D eigenvalue weighted by atomic mass is 9.88. The van der Waals surface area contributed by atoms with Gasteiger partial charge in [-0.2, -0.15) is 0 Å². The SMILES string of the molecule is CC1Oc2ccc(C(=O)C3CCN(Cc4nnc5n4CCOCC5)CC3)cc2NC1=O. The Hall–Kier alpha value is -2.78. The van der Waals surface area contributed by atoms with Crippen LogP contribution in [0.1, 0.15) is 41.8 Å². The van der Waals surface area contributed by atoms with E-state index in [0.717, 1.165) is 57.1 Å². The average Bonchev–Trinajstić information content (AvgIpc) is 3.00. The van der Waals surface area contributed by atoms with E-state index in [4.69, 9.17) is 9.47 Å². The topological polar surface area (TPSA) is 98.6 Å². The first-order valence-electron chi connectivity index (χ1n) is 11.0. The molecule has 9 nitrogen and oxygen atoms in total. The molecular formula is C22H27N5O4. The predicted octanol–water partition coefficient (Wildman–Crippen LogP) is 1.67. The fraction of sp³-hybridized carbons (Fsp3) is 0.545. The second-order valence-electron chi connectivity index (χ2n) is 8.42. The molecule has 2 aromatic rings. The van der Waals surface area contributed by atoms with Crippen LogP contribution in [0.4, 0.5) is 5.69 Å². The number of benzene rings is 1. The van der Waals surface area contributed by atoms with E-state index >= 15 is 0 Å². The van der Waals surface area contributed by atoms with Crippen LogP contribution in [0.15, 0.2) is 18.2 Å². The number of ether oxygens (including phenoxy) is 2. The summed E-state index contributed by atoms with van der Waals surface area (Å²) in [6.07, 6.45) is 1.89. The molecule has 9 heteroatoms. The Labute approximate surface area is 180 Å². The highest BCUT2D eigenvalue weighted by atomic mass is 16.5. The number of amides is 1. The molecule has 1 amide bonds. The molecule has 3 aliphatic rings. The number of likely N-dealkylation sites (tertiary alicyclic amines) is 1. The van der Waals surface area contributed by atoms with Crippen molar-refractivity contribution < 1.29 is 19.1 Å². The molecule has 164 valence electrons. The maximum atomic E-state index is 13.1. The number of Topliss-reactive ketones (excluding diaryl/α,β-unsaturated/α-hetero) is 1. The lowest BCUT2D eigenvalue weighted by Crippen LogP contribution is -2.37. The maximum Gasteiger partial charge on any atom is 0.265 e. The van der Waals surface area contributed by atoms with Crippen LogP contribution in [0.2, 0.25) is 0 Å². The molecule has 0 saturated carbocycles. The maximum absolute atomic E-state index is 13.1. The van der Waals surface area contributed by atoms with Crippen LogP contribution < -0.4 is 10.1 Å². The molecule has 1 atom stereocenters. The van der Waals surface area contributed by atoms with Crippen LogP contribution >= 0.6 is 0 Å². The summed E-state index contributed by atoms with van der Waals surface area (Å²) in [5, 5.41) is 11.5. The van der Waals surface area contributed by atoms with Crippen molar-refractivity contribution >= 4 is 17.4 Å². The smallest absolute Gasteiger partial charge is 0.265 e. The number of carbonyl (C=O) groups is 2.